The Balaban J connectivity index is 2.19. The van der Waals surface area contributed by atoms with E-state index in [0.29, 0.717) is 32.1 Å². The Morgan fingerprint density at radius 2 is 2.24 bits per heavy atom. The molecule has 5 nitrogen and oxygen atoms in total. The number of ether oxygens (including phenoxy) is 2. The number of carbonyl (C=O) groups is 1. The number of halogens is 1. The smallest absolute Gasteiger partial charge is 0.269 e. The van der Waals surface area contributed by atoms with E-state index < -0.39 is 0 Å². The molecular formula is C11H15BrN2O3. The van der Waals surface area contributed by atoms with Crippen LogP contribution in [0.3, 0.4) is 0 Å². The van der Waals surface area contributed by atoms with Crippen LogP contribution in [-0.4, -0.2) is 44.4 Å². The maximum absolute atomic E-state index is 11.6. The Labute approximate surface area is 109 Å². The highest BCUT2D eigenvalue weighted by atomic mass is 79.9. The van der Waals surface area contributed by atoms with Crippen molar-refractivity contribution in [3.8, 4) is 0 Å². The van der Waals surface area contributed by atoms with Crippen LogP contribution in [0.1, 0.15) is 10.5 Å². The van der Waals surface area contributed by atoms with Crippen LogP contribution in [0.25, 0.3) is 0 Å². The van der Waals surface area contributed by atoms with Crippen LogP contribution >= 0.6 is 15.9 Å². The Bertz CT molecular complexity index is 343. The molecule has 0 saturated carbocycles. The third kappa shape index (κ3) is 5.76. The van der Waals surface area contributed by atoms with E-state index >= 15 is 0 Å². The van der Waals surface area contributed by atoms with Crippen LogP contribution in [0.15, 0.2) is 22.8 Å². The molecule has 1 amide bonds. The van der Waals surface area contributed by atoms with Gasteiger partial charge in [-0.3, -0.25) is 4.79 Å². The topological polar surface area (TPSA) is 60.5 Å². The number of hydrogen-bond acceptors (Lipinski definition) is 4. The van der Waals surface area contributed by atoms with Gasteiger partial charge in [0.2, 0.25) is 0 Å². The van der Waals surface area contributed by atoms with Crippen molar-refractivity contribution in [3.05, 3.63) is 28.5 Å². The van der Waals surface area contributed by atoms with Gasteiger partial charge in [-0.05, 0) is 28.1 Å². The lowest BCUT2D eigenvalue weighted by molar-refractivity contribution is 0.0692. The summed E-state index contributed by atoms with van der Waals surface area (Å²) < 4.78 is 10.9. The second kappa shape index (κ2) is 8.16. The fourth-order valence-electron chi connectivity index (χ4n) is 1.08. The fourth-order valence-corrected chi connectivity index (χ4v) is 1.32. The highest BCUT2D eigenvalue weighted by molar-refractivity contribution is 9.10. The SMILES string of the molecule is COCCOCCNC(=O)c1ccc(Br)cn1. The fraction of sp³-hybridized carbons (Fsp3) is 0.455. The molecule has 1 aromatic heterocycles. The molecule has 0 radical (unpaired) electrons. The Hall–Kier alpha value is -0.980. The van der Waals surface area contributed by atoms with Gasteiger partial charge in [-0.15, -0.1) is 0 Å². The Morgan fingerprint density at radius 3 is 2.88 bits per heavy atom. The molecule has 0 saturated heterocycles. The number of pyridine rings is 1. The summed E-state index contributed by atoms with van der Waals surface area (Å²) in [7, 11) is 1.62. The zero-order valence-corrected chi connectivity index (χ0v) is 11.2. The lowest BCUT2D eigenvalue weighted by atomic mass is 10.3. The Morgan fingerprint density at radius 1 is 1.41 bits per heavy atom. The van der Waals surface area contributed by atoms with Gasteiger partial charge in [0.05, 0.1) is 19.8 Å². The van der Waals surface area contributed by atoms with E-state index in [-0.39, 0.29) is 5.91 Å². The normalized spacial score (nSPS) is 10.2. The van der Waals surface area contributed by atoms with Crippen molar-refractivity contribution in [2.75, 3.05) is 33.5 Å². The van der Waals surface area contributed by atoms with Crippen molar-refractivity contribution in [1.29, 1.82) is 0 Å². The van der Waals surface area contributed by atoms with Crippen LogP contribution in [0.2, 0.25) is 0 Å². The molecule has 1 rings (SSSR count). The predicted octanol–water partition coefficient (Wildman–Crippen LogP) is 1.24. The van der Waals surface area contributed by atoms with Gasteiger partial charge >= 0.3 is 0 Å². The third-order valence-corrected chi connectivity index (χ3v) is 2.39. The van der Waals surface area contributed by atoms with Gasteiger partial charge in [0.25, 0.3) is 5.91 Å². The molecular weight excluding hydrogens is 288 g/mol. The monoisotopic (exact) mass is 302 g/mol. The van der Waals surface area contributed by atoms with E-state index in [0.717, 1.165) is 4.47 Å². The van der Waals surface area contributed by atoms with Crippen LogP contribution in [0.5, 0.6) is 0 Å². The number of aromatic nitrogens is 1. The van der Waals surface area contributed by atoms with Gasteiger partial charge in [-0.2, -0.15) is 0 Å². The van der Waals surface area contributed by atoms with Gasteiger partial charge in [0.15, 0.2) is 0 Å². The Kier molecular flexibility index (Phi) is 6.76. The van der Waals surface area contributed by atoms with E-state index in [1.165, 1.54) is 0 Å². The number of amides is 1. The zero-order valence-electron chi connectivity index (χ0n) is 9.61. The number of nitrogens with zero attached hydrogens (tertiary/aromatic N) is 1. The minimum Gasteiger partial charge on any atom is -0.382 e. The highest BCUT2D eigenvalue weighted by Gasteiger charge is 2.05. The van der Waals surface area contributed by atoms with Crippen molar-refractivity contribution in [2.24, 2.45) is 0 Å². The molecule has 1 heterocycles. The van der Waals surface area contributed by atoms with Crippen LogP contribution in [-0.2, 0) is 9.47 Å². The van der Waals surface area contributed by atoms with Gasteiger partial charge in [0.1, 0.15) is 5.69 Å². The highest BCUT2D eigenvalue weighted by Crippen LogP contribution is 2.06. The first-order valence-electron chi connectivity index (χ1n) is 5.20. The first-order chi connectivity index (χ1) is 8.24. The minimum absolute atomic E-state index is 0.201. The van der Waals surface area contributed by atoms with Crippen LogP contribution in [0, 0.1) is 0 Å². The molecule has 0 atom stereocenters. The van der Waals surface area contributed by atoms with Crippen molar-refractivity contribution in [2.45, 2.75) is 0 Å². The van der Waals surface area contributed by atoms with E-state index in [1.807, 2.05) is 0 Å². The summed E-state index contributed by atoms with van der Waals surface area (Å²) in [5.41, 5.74) is 0.394. The molecule has 0 unspecified atom stereocenters. The van der Waals surface area contributed by atoms with E-state index in [9.17, 15) is 4.79 Å². The third-order valence-electron chi connectivity index (χ3n) is 1.92. The van der Waals surface area contributed by atoms with Crippen LogP contribution < -0.4 is 5.32 Å². The van der Waals surface area contributed by atoms with Crippen LogP contribution in [0.4, 0.5) is 0 Å². The molecule has 1 aromatic rings. The summed E-state index contributed by atoms with van der Waals surface area (Å²) in [6.07, 6.45) is 1.59. The van der Waals surface area contributed by atoms with Gasteiger partial charge < -0.3 is 14.8 Å². The molecule has 1 N–H and O–H groups in total. The van der Waals surface area contributed by atoms with E-state index in [2.05, 4.69) is 26.2 Å². The molecule has 0 aliphatic carbocycles. The number of methoxy groups -OCH3 is 1. The molecule has 0 aliphatic heterocycles. The van der Waals surface area contributed by atoms with Gasteiger partial charge in [-0.25, -0.2) is 4.98 Å². The number of carbonyl (C=O) groups excluding carboxylic acids is 1. The maximum atomic E-state index is 11.6. The van der Waals surface area contributed by atoms with Crippen molar-refractivity contribution < 1.29 is 14.3 Å². The average molecular weight is 303 g/mol. The summed E-state index contributed by atoms with van der Waals surface area (Å²) >= 11 is 3.26. The average Bonchev–Trinajstić information content (AvgIpc) is 2.34. The quantitative estimate of drug-likeness (QED) is 0.770. The first kappa shape index (κ1) is 14.1. The lowest BCUT2D eigenvalue weighted by Gasteiger charge is -2.05. The summed E-state index contributed by atoms with van der Waals surface area (Å²) in [5.74, 6) is -0.201. The van der Waals surface area contributed by atoms with E-state index in [1.54, 1.807) is 25.4 Å². The minimum atomic E-state index is -0.201. The molecule has 0 aliphatic rings. The first-order valence-corrected chi connectivity index (χ1v) is 6.00. The molecule has 0 aromatic carbocycles. The summed E-state index contributed by atoms with van der Waals surface area (Å²) in [6, 6.07) is 3.43. The van der Waals surface area contributed by atoms with Crippen molar-refractivity contribution in [1.82, 2.24) is 10.3 Å². The predicted molar refractivity (Wildman–Crippen MR) is 67.0 cm³/mol. The van der Waals surface area contributed by atoms with Gasteiger partial charge in [-0.1, -0.05) is 0 Å². The summed E-state index contributed by atoms with van der Waals surface area (Å²) in [5, 5.41) is 2.71. The zero-order chi connectivity index (χ0) is 12.5. The molecule has 0 spiro atoms. The number of nitrogens with one attached hydrogen (secondary N) is 1. The summed E-state index contributed by atoms with van der Waals surface area (Å²) in [4.78, 5) is 15.6. The van der Waals surface area contributed by atoms with E-state index in [4.69, 9.17) is 9.47 Å². The maximum Gasteiger partial charge on any atom is 0.269 e. The van der Waals surface area contributed by atoms with Crippen molar-refractivity contribution >= 4 is 21.8 Å². The standard InChI is InChI=1S/C11H15BrN2O3/c1-16-6-7-17-5-4-13-11(15)10-3-2-9(12)8-14-10/h2-3,8H,4-7H2,1H3,(H,13,15). The van der Waals surface area contributed by atoms with Crippen molar-refractivity contribution in [3.63, 3.8) is 0 Å². The molecule has 17 heavy (non-hydrogen) atoms. The number of rotatable bonds is 7. The summed E-state index contributed by atoms with van der Waals surface area (Å²) in [6.45, 7) is 2.01. The van der Waals surface area contributed by atoms with Gasteiger partial charge in [0, 0.05) is 24.3 Å². The number of hydrogen-bond donors (Lipinski definition) is 1. The molecule has 6 heteroatoms. The second-order valence-electron chi connectivity index (χ2n) is 3.22. The molecule has 0 bridgehead atoms. The molecule has 94 valence electrons. The second-order valence-corrected chi connectivity index (χ2v) is 4.14. The molecule has 0 fully saturated rings. The largest absolute Gasteiger partial charge is 0.382 e. The lowest BCUT2D eigenvalue weighted by Crippen LogP contribution is -2.28.